The summed E-state index contributed by atoms with van der Waals surface area (Å²) in [5.74, 6) is 0. The van der Waals surface area contributed by atoms with Gasteiger partial charge in [0.25, 0.3) is 10.0 Å². The highest BCUT2D eigenvalue weighted by molar-refractivity contribution is 7.94. The molecule has 0 radical (unpaired) electrons. The number of anilines is 3. The molecule has 2 N–H and O–H groups in total. The van der Waals surface area contributed by atoms with Crippen LogP contribution < -0.4 is 10.0 Å². The minimum Gasteiger partial charge on any atom is -0.355 e. The van der Waals surface area contributed by atoms with Crippen molar-refractivity contribution in [3.8, 4) is 0 Å². The van der Waals surface area contributed by atoms with Crippen LogP contribution >= 0.6 is 22.9 Å². The molecule has 0 bridgehead atoms. The maximum absolute atomic E-state index is 12.1. The first kappa shape index (κ1) is 15.9. The SMILES string of the molecule is O=S(=O)(Nc1ccc(Nc2cccc(Cl)c2)cc1)c1cccs1. The van der Waals surface area contributed by atoms with Gasteiger partial charge in [-0.05, 0) is 53.9 Å². The summed E-state index contributed by atoms with van der Waals surface area (Å²) in [5, 5.41) is 5.58. The summed E-state index contributed by atoms with van der Waals surface area (Å²) in [5.41, 5.74) is 2.21. The Kier molecular flexibility index (Phi) is 4.56. The lowest BCUT2D eigenvalue weighted by molar-refractivity contribution is 0.603. The van der Waals surface area contributed by atoms with Crippen molar-refractivity contribution >= 4 is 50.0 Å². The third-order valence-corrected chi connectivity index (χ3v) is 6.02. The molecule has 1 heterocycles. The number of hydrogen-bond donors (Lipinski definition) is 2. The van der Waals surface area contributed by atoms with Crippen LogP contribution in [0.4, 0.5) is 17.1 Å². The summed E-state index contributed by atoms with van der Waals surface area (Å²) in [7, 11) is -3.52. The van der Waals surface area contributed by atoms with Gasteiger partial charge in [-0.2, -0.15) is 0 Å². The Morgan fingerprint density at radius 1 is 0.870 bits per heavy atom. The Balaban J connectivity index is 1.72. The quantitative estimate of drug-likeness (QED) is 0.673. The number of sulfonamides is 1. The fourth-order valence-corrected chi connectivity index (χ4v) is 4.22. The predicted octanol–water partition coefficient (Wildman–Crippen LogP) is 4.95. The summed E-state index contributed by atoms with van der Waals surface area (Å²) in [4.78, 5) is 0. The van der Waals surface area contributed by atoms with Gasteiger partial charge in [0.15, 0.2) is 0 Å². The second-order valence-electron chi connectivity index (χ2n) is 4.75. The van der Waals surface area contributed by atoms with Crippen LogP contribution in [0, 0.1) is 0 Å². The first-order chi connectivity index (χ1) is 11.0. The molecule has 0 spiro atoms. The van der Waals surface area contributed by atoms with Crippen LogP contribution in [0.25, 0.3) is 0 Å². The standard InChI is InChI=1S/C16H13ClN2O2S2/c17-12-3-1-4-15(11-12)18-13-6-8-14(9-7-13)19-23(20,21)16-5-2-10-22-16/h1-11,18-19H. The van der Waals surface area contributed by atoms with E-state index in [2.05, 4.69) is 10.0 Å². The Morgan fingerprint density at radius 3 is 2.26 bits per heavy atom. The monoisotopic (exact) mass is 364 g/mol. The molecule has 3 aromatic rings. The Hall–Kier alpha value is -2.02. The smallest absolute Gasteiger partial charge is 0.271 e. The van der Waals surface area contributed by atoms with Crippen molar-refractivity contribution in [1.29, 1.82) is 0 Å². The van der Waals surface area contributed by atoms with Crippen molar-refractivity contribution in [2.75, 3.05) is 10.0 Å². The highest BCUT2D eigenvalue weighted by Gasteiger charge is 2.14. The third-order valence-electron chi connectivity index (χ3n) is 3.01. The van der Waals surface area contributed by atoms with Gasteiger partial charge in [0.2, 0.25) is 0 Å². The topological polar surface area (TPSA) is 58.2 Å². The molecule has 0 unspecified atom stereocenters. The highest BCUT2D eigenvalue weighted by atomic mass is 35.5. The van der Waals surface area contributed by atoms with Gasteiger partial charge in [0, 0.05) is 22.1 Å². The second-order valence-corrected chi connectivity index (χ2v) is 8.04. The first-order valence-electron chi connectivity index (χ1n) is 6.72. The van der Waals surface area contributed by atoms with Crippen LogP contribution in [0.5, 0.6) is 0 Å². The summed E-state index contributed by atoms with van der Waals surface area (Å²) >= 11 is 7.12. The van der Waals surface area contributed by atoms with Gasteiger partial charge in [-0.15, -0.1) is 11.3 Å². The molecular weight excluding hydrogens is 352 g/mol. The maximum atomic E-state index is 12.1. The van der Waals surface area contributed by atoms with Gasteiger partial charge < -0.3 is 5.32 Å². The molecule has 0 aliphatic heterocycles. The third kappa shape index (κ3) is 4.04. The van der Waals surface area contributed by atoms with E-state index in [-0.39, 0.29) is 0 Å². The molecular formula is C16H13ClN2O2S2. The van der Waals surface area contributed by atoms with Gasteiger partial charge in [-0.3, -0.25) is 4.72 Å². The number of nitrogens with one attached hydrogen (secondary N) is 2. The lowest BCUT2D eigenvalue weighted by Gasteiger charge is -2.09. The van der Waals surface area contributed by atoms with E-state index >= 15 is 0 Å². The average molecular weight is 365 g/mol. The molecule has 0 aliphatic rings. The maximum Gasteiger partial charge on any atom is 0.271 e. The Morgan fingerprint density at radius 2 is 1.61 bits per heavy atom. The van der Waals surface area contributed by atoms with E-state index in [9.17, 15) is 8.42 Å². The first-order valence-corrected chi connectivity index (χ1v) is 9.46. The molecule has 118 valence electrons. The summed E-state index contributed by atoms with van der Waals surface area (Å²) < 4.78 is 27.1. The molecule has 0 saturated carbocycles. The zero-order valence-electron chi connectivity index (χ0n) is 11.9. The number of benzene rings is 2. The minimum absolute atomic E-state index is 0.290. The molecule has 0 amide bonds. The van der Waals surface area contributed by atoms with E-state index in [1.807, 2.05) is 18.2 Å². The molecule has 7 heteroatoms. The van der Waals surface area contributed by atoms with Gasteiger partial charge in [-0.25, -0.2) is 8.42 Å². The summed E-state index contributed by atoms with van der Waals surface area (Å²) in [6.07, 6.45) is 0. The van der Waals surface area contributed by atoms with Crippen molar-refractivity contribution in [1.82, 2.24) is 0 Å². The van der Waals surface area contributed by atoms with Crippen molar-refractivity contribution in [3.63, 3.8) is 0 Å². The van der Waals surface area contributed by atoms with Crippen LogP contribution in [-0.4, -0.2) is 8.42 Å². The van der Waals surface area contributed by atoms with Crippen LogP contribution in [0.15, 0.2) is 70.3 Å². The number of thiophene rings is 1. The highest BCUT2D eigenvalue weighted by Crippen LogP contribution is 2.24. The number of hydrogen-bond acceptors (Lipinski definition) is 4. The molecule has 0 aliphatic carbocycles. The fourth-order valence-electron chi connectivity index (χ4n) is 1.98. The molecule has 3 rings (SSSR count). The van der Waals surface area contributed by atoms with E-state index in [0.717, 1.165) is 11.4 Å². The fraction of sp³-hybridized carbons (Fsp3) is 0. The zero-order valence-corrected chi connectivity index (χ0v) is 14.3. The van der Waals surface area contributed by atoms with Crippen LogP contribution in [0.3, 0.4) is 0 Å². The van der Waals surface area contributed by atoms with E-state index in [1.165, 1.54) is 11.3 Å². The zero-order chi connectivity index (χ0) is 16.3. The molecule has 23 heavy (non-hydrogen) atoms. The number of halogens is 1. The van der Waals surface area contributed by atoms with E-state index < -0.39 is 10.0 Å². The van der Waals surface area contributed by atoms with E-state index in [1.54, 1.807) is 47.8 Å². The van der Waals surface area contributed by atoms with Crippen molar-refractivity contribution in [2.24, 2.45) is 0 Å². The largest absolute Gasteiger partial charge is 0.355 e. The summed E-state index contributed by atoms with van der Waals surface area (Å²) in [6.45, 7) is 0. The molecule has 1 aromatic heterocycles. The van der Waals surface area contributed by atoms with Gasteiger partial charge in [-0.1, -0.05) is 23.7 Å². The molecule has 2 aromatic carbocycles. The number of rotatable bonds is 5. The lowest BCUT2D eigenvalue weighted by atomic mass is 10.2. The van der Waals surface area contributed by atoms with Crippen molar-refractivity contribution in [3.05, 3.63) is 71.1 Å². The van der Waals surface area contributed by atoms with E-state index in [0.29, 0.717) is 14.9 Å². The average Bonchev–Trinajstić information content (AvgIpc) is 3.04. The Bertz CT molecular complexity index is 892. The van der Waals surface area contributed by atoms with Crippen LogP contribution in [-0.2, 0) is 10.0 Å². The minimum atomic E-state index is -3.52. The van der Waals surface area contributed by atoms with Gasteiger partial charge in [0.1, 0.15) is 4.21 Å². The normalized spacial score (nSPS) is 11.2. The Labute approximate surface area is 143 Å². The second kappa shape index (κ2) is 6.62. The molecule has 0 saturated heterocycles. The van der Waals surface area contributed by atoms with Crippen LogP contribution in [0.1, 0.15) is 0 Å². The van der Waals surface area contributed by atoms with E-state index in [4.69, 9.17) is 11.6 Å². The molecule has 0 fully saturated rings. The predicted molar refractivity (Wildman–Crippen MR) is 96.3 cm³/mol. The lowest BCUT2D eigenvalue weighted by Crippen LogP contribution is -2.11. The van der Waals surface area contributed by atoms with Crippen LogP contribution in [0.2, 0.25) is 5.02 Å². The summed E-state index contributed by atoms with van der Waals surface area (Å²) in [6, 6.07) is 17.7. The van der Waals surface area contributed by atoms with Crippen molar-refractivity contribution < 1.29 is 8.42 Å². The van der Waals surface area contributed by atoms with Crippen molar-refractivity contribution in [2.45, 2.75) is 4.21 Å². The van der Waals surface area contributed by atoms with Gasteiger partial charge >= 0.3 is 0 Å². The molecule has 0 atom stereocenters. The molecule has 4 nitrogen and oxygen atoms in total. The van der Waals surface area contributed by atoms with Gasteiger partial charge in [0.05, 0.1) is 0 Å².